The Labute approximate surface area is 90.3 Å². The van der Waals surface area contributed by atoms with Gasteiger partial charge in [-0.1, -0.05) is 18.2 Å². The van der Waals surface area contributed by atoms with E-state index >= 15 is 0 Å². The van der Waals surface area contributed by atoms with Gasteiger partial charge in [0.1, 0.15) is 0 Å². The third-order valence-corrected chi connectivity index (χ3v) is 1.70. The molecule has 0 bridgehead atoms. The number of carbonyl (C=O) groups is 1. The fourth-order valence-corrected chi connectivity index (χ4v) is 0.993. The first-order valence-corrected chi connectivity index (χ1v) is 4.32. The summed E-state index contributed by atoms with van der Waals surface area (Å²) >= 11 is 0. The van der Waals surface area contributed by atoms with Gasteiger partial charge in [-0.25, -0.2) is 0 Å². The molecule has 3 nitrogen and oxygen atoms in total. The van der Waals surface area contributed by atoms with Gasteiger partial charge in [-0.2, -0.15) is 0 Å². The lowest BCUT2D eigenvalue weighted by molar-refractivity contribution is 0.0954. The summed E-state index contributed by atoms with van der Waals surface area (Å²) in [7, 11) is 1.86. The van der Waals surface area contributed by atoms with Crippen LogP contribution in [0.3, 0.4) is 0 Å². The lowest BCUT2D eigenvalue weighted by atomic mass is 10.2. The molecule has 0 saturated carbocycles. The first-order chi connectivity index (χ1) is 6.34. The quantitative estimate of drug-likeness (QED) is 0.736. The summed E-state index contributed by atoms with van der Waals surface area (Å²) in [5.74, 6) is -0.0177. The van der Waals surface area contributed by atoms with E-state index in [9.17, 15) is 4.79 Å². The minimum atomic E-state index is -0.0177. The Bertz CT molecular complexity index is 264. The second kappa shape index (κ2) is 7.35. The molecule has 0 aliphatic heterocycles. The van der Waals surface area contributed by atoms with Crippen molar-refractivity contribution in [3.05, 3.63) is 35.9 Å². The fourth-order valence-electron chi connectivity index (χ4n) is 0.993. The molecule has 0 aliphatic rings. The Morgan fingerprint density at radius 3 is 2.43 bits per heavy atom. The molecule has 0 spiro atoms. The highest BCUT2D eigenvalue weighted by atomic mass is 35.5. The molecule has 4 heteroatoms. The Hall–Kier alpha value is -1.06. The van der Waals surface area contributed by atoms with E-state index in [0.29, 0.717) is 12.1 Å². The molecule has 0 radical (unpaired) electrons. The van der Waals surface area contributed by atoms with Gasteiger partial charge in [-0.3, -0.25) is 4.79 Å². The van der Waals surface area contributed by atoms with E-state index in [1.54, 1.807) is 12.1 Å². The third-order valence-electron chi connectivity index (χ3n) is 1.70. The number of benzene rings is 1. The maximum absolute atomic E-state index is 11.4. The Kier molecular flexibility index (Phi) is 6.80. The van der Waals surface area contributed by atoms with Gasteiger partial charge < -0.3 is 10.6 Å². The minimum absolute atomic E-state index is 0. The summed E-state index contributed by atoms with van der Waals surface area (Å²) in [6.45, 7) is 1.45. The second-order valence-corrected chi connectivity index (χ2v) is 2.73. The molecule has 0 saturated heterocycles. The molecule has 78 valence electrons. The SMILES string of the molecule is CNCCNC(=O)c1ccccc1.Cl. The van der Waals surface area contributed by atoms with Crippen molar-refractivity contribution < 1.29 is 4.79 Å². The van der Waals surface area contributed by atoms with Crippen molar-refractivity contribution in [1.29, 1.82) is 0 Å². The summed E-state index contributed by atoms with van der Waals surface area (Å²) in [6, 6.07) is 9.20. The van der Waals surface area contributed by atoms with Crippen LogP contribution in [-0.4, -0.2) is 26.0 Å². The smallest absolute Gasteiger partial charge is 0.251 e. The van der Waals surface area contributed by atoms with Crippen molar-refractivity contribution in [2.75, 3.05) is 20.1 Å². The predicted octanol–water partition coefficient (Wildman–Crippen LogP) is 1.06. The third kappa shape index (κ3) is 4.25. The molecule has 1 aromatic rings. The number of rotatable bonds is 4. The number of amides is 1. The topological polar surface area (TPSA) is 41.1 Å². The highest BCUT2D eigenvalue weighted by Crippen LogP contribution is 1.96. The van der Waals surface area contributed by atoms with Crippen LogP contribution < -0.4 is 10.6 Å². The Balaban J connectivity index is 0.00000169. The van der Waals surface area contributed by atoms with Gasteiger partial charge in [0.25, 0.3) is 5.91 Å². The number of hydrogen-bond acceptors (Lipinski definition) is 2. The van der Waals surface area contributed by atoms with Crippen LogP contribution >= 0.6 is 12.4 Å². The molecule has 0 aromatic heterocycles. The van der Waals surface area contributed by atoms with Crippen molar-refractivity contribution in [2.24, 2.45) is 0 Å². The Morgan fingerprint density at radius 2 is 1.86 bits per heavy atom. The average Bonchev–Trinajstić information content (AvgIpc) is 2.19. The molecule has 0 atom stereocenters. The largest absolute Gasteiger partial charge is 0.351 e. The van der Waals surface area contributed by atoms with Crippen LogP contribution in [0.15, 0.2) is 30.3 Å². The van der Waals surface area contributed by atoms with Gasteiger partial charge in [-0.05, 0) is 19.2 Å². The van der Waals surface area contributed by atoms with Gasteiger partial charge >= 0.3 is 0 Å². The van der Waals surface area contributed by atoms with Gasteiger partial charge in [0.2, 0.25) is 0 Å². The average molecular weight is 215 g/mol. The van der Waals surface area contributed by atoms with Crippen LogP contribution in [0, 0.1) is 0 Å². The lowest BCUT2D eigenvalue weighted by Crippen LogP contribution is -2.30. The first-order valence-electron chi connectivity index (χ1n) is 4.32. The van der Waals surface area contributed by atoms with Crippen LogP contribution in [0.1, 0.15) is 10.4 Å². The van der Waals surface area contributed by atoms with Crippen molar-refractivity contribution in [1.82, 2.24) is 10.6 Å². The second-order valence-electron chi connectivity index (χ2n) is 2.73. The van der Waals surface area contributed by atoms with Crippen molar-refractivity contribution in [2.45, 2.75) is 0 Å². The van der Waals surface area contributed by atoms with E-state index < -0.39 is 0 Å². The molecular formula is C10H15ClN2O. The van der Waals surface area contributed by atoms with E-state index in [0.717, 1.165) is 6.54 Å². The van der Waals surface area contributed by atoms with Crippen LogP contribution in [0.2, 0.25) is 0 Å². The minimum Gasteiger partial charge on any atom is -0.351 e. The van der Waals surface area contributed by atoms with E-state index in [2.05, 4.69) is 10.6 Å². The molecule has 1 amide bonds. The molecular weight excluding hydrogens is 200 g/mol. The molecule has 0 aliphatic carbocycles. The zero-order valence-corrected chi connectivity index (χ0v) is 8.93. The lowest BCUT2D eigenvalue weighted by Gasteiger charge is -2.03. The normalized spacial score (nSPS) is 8.93. The van der Waals surface area contributed by atoms with Gasteiger partial charge in [-0.15, -0.1) is 12.4 Å². The number of likely N-dealkylation sites (N-methyl/N-ethyl adjacent to an activating group) is 1. The molecule has 14 heavy (non-hydrogen) atoms. The monoisotopic (exact) mass is 214 g/mol. The van der Waals surface area contributed by atoms with Gasteiger partial charge in [0.05, 0.1) is 0 Å². The number of halogens is 1. The first kappa shape index (κ1) is 12.9. The number of hydrogen-bond donors (Lipinski definition) is 2. The maximum atomic E-state index is 11.4. The van der Waals surface area contributed by atoms with Crippen molar-refractivity contribution >= 4 is 18.3 Å². The van der Waals surface area contributed by atoms with E-state index in [1.165, 1.54) is 0 Å². The van der Waals surface area contributed by atoms with E-state index in [4.69, 9.17) is 0 Å². The molecule has 1 aromatic carbocycles. The standard InChI is InChI=1S/C10H14N2O.ClH/c1-11-7-8-12-10(13)9-5-3-2-4-6-9;/h2-6,11H,7-8H2,1H3,(H,12,13);1H. The summed E-state index contributed by atoms with van der Waals surface area (Å²) in [4.78, 5) is 11.4. The zero-order chi connectivity index (χ0) is 9.52. The Morgan fingerprint density at radius 1 is 1.21 bits per heavy atom. The highest BCUT2D eigenvalue weighted by molar-refractivity contribution is 5.94. The maximum Gasteiger partial charge on any atom is 0.251 e. The molecule has 0 unspecified atom stereocenters. The van der Waals surface area contributed by atoms with Crippen LogP contribution in [0.4, 0.5) is 0 Å². The van der Waals surface area contributed by atoms with Crippen molar-refractivity contribution in [3.63, 3.8) is 0 Å². The number of nitrogens with one attached hydrogen (secondary N) is 2. The molecule has 1 rings (SSSR count). The van der Waals surface area contributed by atoms with Crippen LogP contribution in [0.5, 0.6) is 0 Å². The predicted molar refractivity (Wildman–Crippen MR) is 59.9 cm³/mol. The summed E-state index contributed by atoms with van der Waals surface area (Å²) in [6.07, 6.45) is 0. The van der Waals surface area contributed by atoms with Crippen LogP contribution in [0.25, 0.3) is 0 Å². The van der Waals surface area contributed by atoms with E-state index in [-0.39, 0.29) is 18.3 Å². The van der Waals surface area contributed by atoms with Gasteiger partial charge in [0, 0.05) is 18.7 Å². The molecule has 0 heterocycles. The fraction of sp³-hybridized carbons (Fsp3) is 0.300. The number of carbonyl (C=O) groups excluding carboxylic acids is 1. The van der Waals surface area contributed by atoms with Gasteiger partial charge in [0.15, 0.2) is 0 Å². The highest BCUT2D eigenvalue weighted by Gasteiger charge is 2.01. The summed E-state index contributed by atoms with van der Waals surface area (Å²) in [5, 5.41) is 5.76. The summed E-state index contributed by atoms with van der Waals surface area (Å²) < 4.78 is 0. The van der Waals surface area contributed by atoms with E-state index in [1.807, 2.05) is 25.2 Å². The molecule has 0 fully saturated rings. The van der Waals surface area contributed by atoms with Crippen LogP contribution in [-0.2, 0) is 0 Å². The zero-order valence-electron chi connectivity index (χ0n) is 8.12. The summed E-state index contributed by atoms with van der Waals surface area (Å²) in [5.41, 5.74) is 0.707. The van der Waals surface area contributed by atoms with Crippen molar-refractivity contribution in [3.8, 4) is 0 Å². The molecule has 2 N–H and O–H groups in total.